The summed E-state index contributed by atoms with van der Waals surface area (Å²) in [6.07, 6.45) is 0.184. The Morgan fingerprint density at radius 1 is 1.44 bits per heavy atom. The number of nitrogens with zero attached hydrogens (tertiary/aromatic N) is 1. The van der Waals surface area contributed by atoms with Gasteiger partial charge in [0, 0.05) is 19.4 Å². The normalized spacial score (nSPS) is 29.5. The molecule has 5 nitrogen and oxygen atoms in total. The fraction of sp³-hybridized carbons (Fsp3) is 0.385. The van der Waals surface area contributed by atoms with Gasteiger partial charge in [-0.05, 0) is 11.6 Å². The minimum Gasteiger partial charge on any atom is -0.481 e. The number of hydrogen-bond donors (Lipinski definition) is 1. The third kappa shape index (κ3) is 1.40. The Bertz CT molecular complexity index is 527. The van der Waals surface area contributed by atoms with Gasteiger partial charge in [0.05, 0.1) is 0 Å². The fourth-order valence-electron chi connectivity index (χ4n) is 2.80. The van der Waals surface area contributed by atoms with Crippen LogP contribution in [-0.4, -0.2) is 35.2 Å². The number of fused-ring (bicyclic) bond motifs is 4. The second-order valence-electron chi connectivity index (χ2n) is 4.72. The molecule has 18 heavy (non-hydrogen) atoms. The highest BCUT2D eigenvalue weighted by Gasteiger charge is 2.49. The monoisotopic (exact) mass is 247 g/mol. The van der Waals surface area contributed by atoms with Crippen LogP contribution in [-0.2, 0) is 9.59 Å². The van der Waals surface area contributed by atoms with Crippen molar-refractivity contribution in [1.82, 2.24) is 4.90 Å². The van der Waals surface area contributed by atoms with E-state index in [-0.39, 0.29) is 18.1 Å². The Labute approximate surface area is 104 Å². The minimum atomic E-state index is -1.06. The molecule has 0 saturated carbocycles. The molecule has 0 unspecified atom stereocenters. The van der Waals surface area contributed by atoms with Gasteiger partial charge in [0.25, 0.3) is 0 Å². The Balaban J connectivity index is 2.12. The molecule has 1 amide bonds. The summed E-state index contributed by atoms with van der Waals surface area (Å²) in [4.78, 5) is 24.8. The number of hydrogen-bond acceptors (Lipinski definition) is 3. The first-order chi connectivity index (χ1) is 8.59. The van der Waals surface area contributed by atoms with E-state index in [0.717, 1.165) is 5.56 Å². The summed E-state index contributed by atoms with van der Waals surface area (Å²) in [6, 6.07) is 7.34. The highest BCUT2D eigenvalue weighted by Crippen LogP contribution is 2.45. The van der Waals surface area contributed by atoms with Crippen molar-refractivity contribution >= 4 is 11.9 Å². The molecule has 0 aliphatic carbocycles. The van der Waals surface area contributed by atoms with Crippen LogP contribution >= 0.6 is 0 Å². The van der Waals surface area contributed by atoms with E-state index in [1.165, 1.54) is 4.90 Å². The number of ether oxygens (including phenoxy) is 1. The third-order valence-electron chi connectivity index (χ3n) is 3.75. The van der Waals surface area contributed by atoms with E-state index >= 15 is 0 Å². The van der Waals surface area contributed by atoms with Crippen molar-refractivity contribution in [2.45, 2.75) is 18.6 Å². The lowest BCUT2D eigenvalue weighted by Gasteiger charge is -2.44. The van der Waals surface area contributed by atoms with Crippen LogP contribution in [0.15, 0.2) is 24.3 Å². The maximum absolute atomic E-state index is 12.1. The van der Waals surface area contributed by atoms with Gasteiger partial charge in [-0.25, -0.2) is 0 Å². The number of aliphatic carboxylic acids is 1. The number of para-hydroxylation sites is 1. The smallest absolute Gasteiger partial charge is 0.316 e. The second-order valence-corrected chi connectivity index (χ2v) is 4.72. The van der Waals surface area contributed by atoms with E-state index in [9.17, 15) is 14.7 Å². The van der Waals surface area contributed by atoms with Crippen molar-refractivity contribution in [2.24, 2.45) is 5.92 Å². The van der Waals surface area contributed by atoms with Crippen LogP contribution in [0.4, 0.5) is 0 Å². The molecule has 2 bridgehead atoms. The quantitative estimate of drug-likeness (QED) is 0.753. The van der Waals surface area contributed by atoms with Crippen LogP contribution in [0.5, 0.6) is 5.75 Å². The molecular formula is C13H13NO4. The number of carbonyl (C=O) groups excluding carboxylic acids is 1. The zero-order valence-corrected chi connectivity index (χ0v) is 9.87. The van der Waals surface area contributed by atoms with Crippen LogP contribution in [0.3, 0.4) is 0 Å². The average molecular weight is 247 g/mol. The van der Waals surface area contributed by atoms with E-state index in [0.29, 0.717) is 12.2 Å². The largest absolute Gasteiger partial charge is 0.481 e. The summed E-state index contributed by atoms with van der Waals surface area (Å²) >= 11 is 0. The number of carboxylic acid groups (broad SMARTS) is 1. The van der Waals surface area contributed by atoms with Crippen LogP contribution in [0.1, 0.15) is 17.9 Å². The zero-order valence-electron chi connectivity index (χ0n) is 9.87. The van der Waals surface area contributed by atoms with Crippen molar-refractivity contribution in [2.75, 3.05) is 7.05 Å². The number of piperidine rings is 1. The molecule has 1 fully saturated rings. The molecule has 94 valence electrons. The van der Waals surface area contributed by atoms with Crippen LogP contribution in [0.25, 0.3) is 0 Å². The van der Waals surface area contributed by atoms with Gasteiger partial charge in [0.2, 0.25) is 5.91 Å². The van der Waals surface area contributed by atoms with Crippen LogP contribution in [0, 0.1) is 5.92 Å². The van der Waals surface area contributed by atoms with E-state index in [1.807, 2.05) is 24.3 Å². The number of benzene rings is 1. The summed E-state index contributed by atoms with van der Waals surface area (Å²) in [7, 11) is 1.59. The number of carboxylic acids is 1. The standard InChI is InChI=1S/C13H13NO4/c1-14-10-6-8(11(12(14)15)13(16)17)7-4-2-3-5-9(7)18-10/h2-5,8,10-11H,6H2,1H3,(H,16,17)/t8-,10+,11+/m0/s1. The third-order valence-corrected chi connectivity index (χ3v) is 3.75. The maximum Gasteiger partial charge on any atom is 0.316 e. The van der Waals surface area contributed by atoms with Crippen molar-refractivity contribution < 1.29 is 19.4 Å². The molecule has 0 radical (unpaired) electrons. The lowest BCUT2D eigenvalue weighted by molar-refractivity contribution is -0.163. The van der Waals surface area contributed by atoms with Gasteiger partial charge in [0.1, 0.15) is 11.7 Å². The van der Waals surface area contributed by atoms with Crippen molar-refractivity contribution in [3.8, 4) is 5.75 Å². The lowest BCUT2D eigenvalue weighted by Crippen LogP contribution is -2.55. The van der Waals surface area contributed by atoms with Gasteiger partial charge in [-0.3, -0.25) is 9.59 Å². The Kier molecular flexibility index (Phi) is 2.29. The predicted octanol–water partition coefficient (Wildman–Crippen LogP) is 1.05. The van der Waals surface area contributed by atoms with Crippen LogP contribution < -0.4 is 4.74 Å². The molecule has 0 spiro atoms. The van der Waals surface area contributed by atoms with Gasteiger partial charge >= 0.3 is 5.97 Å². The summed E-state index contributed by atoms with van der Waals surface area (Å²) in [5, 5.41) is 9.28. The molecule has 1 aromatic rings. The molecule has 0 aromatic heterocycles. The van der Waals surface area contributed by atoms with Gasteiger partial charge in [-0.15, -0.1) is 0 Å². The molecule has 3 atom stereocenters. The molecule has 2 heterocycles. The summed E-state index contributed by atoms with van der Waals surface area (Å²) in [5.41, 5.74) is 0.822. The number of amides is 1. The van der Waals surface area contributed by atoms with Gasteiger partial charge in [-0.1, -0.05) is 18.2 Å². The first-order valence-corrected chi connectivity index (χ1v) is 5.84. The molecule has 2 aliphatic heterocycles. The molecule has 3 rings (SSSR count). The van der Waals surface area contributed by atoms with E-state index in [1.54, 1.807) is 7.05 Å². The number of rotatable bonds is 1. The topological polar surface area (TPSA) is 66.8 Å². The minimum absolute atomic E-state index is 0.291. The number of likely N-dealkylation sites (tertiary alicyclic amines) is 1. The second kappa shape index (κ2) is 3.73. The van der Waals surface area contributed by atoms with E-state index in [2.05, 4.69) is 0 Å². The Morgan fingerprint density at radius 2 is 2.17 bits per heavy atom. The lowest BCUT2D eigenvalue weighted by atomic mass is 9.77. The van der Waals surface area contributed by atoms with Gasteiger partial charge < -0.3 is 14.7 Å². The van der Waals surface area contributed by atoms with Gasteiger partial charge in [0.15, 0.2) is 6.23 Å². The maximum atomic E-state index is 12.1. The van der Waals surface area contributed by atoms with Crippen molar-refractivity contribution in [3.63, 3.8) is 0 Å². The van der Waals surface area contributed by atoms with Crippen LogP contribution in [0.2, 0.25) is 0 Å². The highest BCUT2D eigenvalue weighted by molar-refractivity contribution is 5.99. The van der Waals surface area contributed by atoms with E-state index < -0.39 is 11.9 Å². The highest BCUT2D eigenvalue weighted by atomic mass is 16.5. The molecule has 1 saturated heterocycles. The summed E-state index contributed by atoms with van der Waals surface area (Å²) in [5.74, 6) is -2.05. The SMILES string of the molecule is CN1C(=O)[C@H](C(=O)O)[C@H]2C[C@H]1Oc1ccccc12. The van der Waals surface area contributed by atoms with Crippen molar-refractivity contribution in [1.29, 1.82) is 0 Å². The Hall–Kier alpha value is -2.04. The van der Waals surface area contributed by atoms with Crippen molar-refractivity contribution in [3.05, 3.63) is 29.8 Å². The first kappa shape index (κ1) is 11.1. The molecule has 1 N–H and O–H groups in total. The predicted molar refractivity (Wildman–Crippen MR) is 62.1 cm³/mol. The molecule has 2 aliphatic rings. The molecule has 1 aromatic carbocycles. The van der Waals surface area contributed by atoms with E-state index in [4.69, 9.17) is 4.74 Å². The molecule has 5 heteroatoms. The fourth-order valence-corrected chi connectivity index (χ4v) is 2.80. The summed E-state index contributed by atoms with van der Waals surface area (Å²) in [6.45, 7) is 0. The van der Waals surface area contributed by atoms with Gasteiger partial charge in [-0.2, -0.15) is 0 Å². The number of carbonyl (C=O) groups is 2. The molecular weight excluding hydrogens is 234 g/mol. The Morgan fingerprint density at radius 3 is 2.89 bits per heavy atom. The summed E-state index contributed by atoms with van der Waals surface area (Å²) < 4.78 is 5.73. The zero-order chi connectivity index (χ0) is 12.9. The average Bonchev–Trinajstić information content (AvgIpc) is 2.36. The first-order valence-electron chi connectivity index (χ1n) is 5.84.